The normalized spacial score (nSPS) is 10.4. The van der Waals surface area contributed by atoms with Crippen LogP contribution in [0.15, 0.2) is 53.9 Å². The maximum atomic E-state index is 12.2. The Bertz CT molecular complexity index is 951. The highest BCUT2D eigenvalue weighted by molar-refractivity contribution is 7.13. The zero-order valence-electron chi connectivity index (χ0n) is 14.8. The van der Waals surface area contributed by atoms with Crippen LogP contribution < -0.4 is 11.1 Å². The van der Waals surface area contributed by atoms with Gasteiger partial charge in [-0.1, -0.05) is 37.3 Å². The number of aromatic nitrogens is 1. The van der Waals surface area contributed by atoms with Crippen molar-refractivity contribution in [3.8, 4) is 10.6 Å². The lowest BCUT2D eigenvalue weighted by atomic mass is 10.1. The average molecular weight is 381 g/mol. The number of carbonyl (C=O) groups excluding carboxylic acids is 2. The van der Waals surface area contributed by atoms with E-state index in [4.69, 9.17) is 10.5 Å². The van der Waals surface area contributed by atoms with Crippen LogP contribution in [0.25, 0.3) is 10.6 Å². The highest BCUT2D eigenvalue weighted by atomic mass is 32.1. The molecule has 0 saturated carbocycles. The highest BCUT2D eigenvalue weighted by Crippen LogP contribution is 2.24. The number of benzene rings is 2. The molecule has 0 aliphatic heterocycles. The van der Waals surface area contributed by atoms with Crippen LogP contribution in [0.1, 0.15) is 28.5 Å². The van der Waals surface area contributed by atoms with Gasteiger partial charge in [0.05, 0.1) is 11.3 Å². The molecule has 0 aliphatic carbocycles. The Morgan fingerprint density at radius 3 is 2.67 bits per heavy atom. The molecule has 2 aromatic carbocycles. The number of rotatable bonds is 6. The fourth-order valence-electron chi connectivity index (χ4n) is 2.48. The van der Waals surface area contributed by atoms with E-state index < -0.39 is 12.0 Å². The van der Waals surface area contributed by atoms with E-state index >= 15 is 0 Å². The first-order valence-electron chi connectivity index (χ1n) is 8.42. The number of urea groups is 1. The van der Waals surface area contributed by atoms with Crippen LogP contribution in [0.2, 0.25) is 0 Å². The number of hydrogen-bond acceptors (Lipinski definition) is 5. The molecule has 3 rings (SSSR count). The number of hydrogen-bond donors (Lipinski definition) is 2. The minimum Gasteiger partial charge on any atom is -0.456 e. The van der Waals surface area contributed by atoms with E-state index in [-0.39, 0.29) is 6.61 Å². The molecular weight excluding hydrogens is 362 g/mol. The number of amides is 2. The quantitative estimate of drug-likeness (QED) is 0.625. The lowest BCUT2D eigenvalue weighted by Gasteiger charge is -2.06. The van der Waals surface area contributed by atoms with Crippen molar-refractivity contribution < 1.29 is 14.3 Å². The molecule has 3 N–H and O–H groups in total. The Kier molecular flexibility index (Phi) is 5.83. The van der Waals surface area contributed by atoms with Crippen LogP contribution in [0.4, 0.5) is 10.5 Å². The molecule has 0 radical (unpaired) electrons. The van der Waals surface area contributed by atoms with Crippen molar-refractivity contribution in [2.24, 2.45) is 5.73 Å². The molecule has 0 spiro atoms. The van der Waals surface area contributed by atoms with Crippen LogP contribution in [-0.4, -0.2) is 17.0 Å². The van der Waals surface area contributed by atoms with Crippen molar-refractivity contribution >= 4 is 29.0 Å². The van der Waals surface area contributed by atoms with Crippen molar-refractivity contribution in [3.63, 3.8) is 0 Å². The Balaban J connectivity index is 1.62. The van der Waals surface area contributed by atoms with E-state index in [0.29, 0.717) is 16.9 Å². The summed E-state index contributed by atoms with van der Waals surface area (Å²) in [6.07, 6.45) is 0.996. The molecule has 0 unspecified atom stereocenters. The molecule has 1 heterocycles. The lowest BCUT2D eigenvalue weighted by molar-refractivity contribution is 0.0468. The van der Waals surface area contributed by atoms with Gasteiger partial charge < -0.3 is 15.8 Å². The lowest BCUT2D eigenvalue weighted by Crippen LogP contribution is -2.19. The number of primary amides is 1. The summed E-state index contributed by atoms with van der Waals surface area (Å²) in [4.78, 5) is 27.6. The van der Waals surface area contributed by atoms with Gasteiger partial charge >= 0.3 is 12.0 Å². The van der Waals surface area contributed by atoms with Gasteiger partial charge in [-0.25, -0.2) is 14.6 Å². The Hall–Kier alpha value is -3.19. The molecule has 6 nitrogen and oxygen atoms in total. The summed E-state index contributed by atoms with van der Waals surface area (Å²) < 4.78 is 5.32. The SMILES string of the molecule is CCc1ccc(-c2nc(COC(=O)c3cccc(NC(N)=O)c3)cs2)cc1. The Labute approximate surface area is 161 Å². The number of nitrogens with zero attached hydrogens (tertiary/aromatic N) is 1. The second-order valence-electron chi connectivity index (χ2n) is 5.84. The van der Waals surface area contributed by atoms with E-state index in [1.165, 1.54) is 23.0 Å². The van der Waals surface area contributed by atoms with Gasteiger partial charge in [0.25, 0.3) is 0 Å². The molecule has 138 valence electrons. The van der Waals surface area contributed by atoms with Gasteiger partial charge in [-0.15, -0.1) is 11.3 Å². The second-order valence-corrected chi connectivity index (χ2v) is 6.70. The second kappa shape index (κ2) is 8.46. The van der Waals surface area contributed by atoms with Crippen molar-refractivity contribution in [2.45, 2.75) is 20.0 Å². The van der Waals surface area contributed by atoms with Gasteiger partial charge in [0.1, 0.15) is 11.6 Å². The molecule has 0 atom stereocenters. The monoisotopic (exact) mass is 381 g/mol. The number of nitrogens with one attached hydrogen (secondary N) is 1. The number of thiazole rings is 1. The van der Waals surface area contributed by atoms with Crippen LogP contribution in [0, 0.1) is 0 Å². The van der Waals surface area contributed by atoms with E-state index in [0.717, 1.165) is 17.0 Å². The molecule has 0 saturated heterocycles. The number of ether oxygens (including phenoxy) is 1. The summed E-state index contributed by atoms with van der Waals surface area (Å²) in [5, 5.41) is 5.19. The Morgan fingerprint density at radius 1 is 1.19 bits per heavy atom. The number of aryl methyl sites for hydroxylation is 1. The summed E-state index contributed by atoms with van der Waals surface area (Å²) in [5.41, 5.74) is 8.84. The van der Waals surface area contributed by atoms with Crippen LogP contribution in [0.5, 0.6) is 0 Å². The van der Waals surface area contributed by atoms with Gasteiger partial charge in [-0.05, 0) is 30.2 Å². The molecular formula is C20H19N3O3S. The third kappa shape index (κ3) is 4.92. The van der Waals surface area contributed by atoms with E-state index in [1.807, 2.05) is 17.5 Å². The molecule has 1 aromatic heterocycles. The van der Waals surface area contributed by atoms with Crippen LogP contribution in [-0.2, 0) is 17.8 Å². The zero-order chi connectivity index (χ0) is 19.2. The van der Waals surface area contributed by atoms with Crippen molar-refractivity contribution in [3.05, 3.63) is 70.7 Å². The third-order valence-electron chi connectivity index (χ3n) is 3.88. The van der Waals surface area contributed by atoms with E-state index in [2.05, 4.69) is 29.4 Å². The molecule has 0 bridgehead atoms. The minimum atomic E-state index is -0.692. The zero-order valence-corrected chi connectivity index (χ0v) is 15.6. The van der Waals surface area contributed by atoms with Gasteiger partial charge in [-0.3, -0.25) is 0 Å². The third-order valence-corrected chi connectivity index (χ3v) is 4.82. The van der Waals surface area contributed by atoms with E-state index in [1.54, 1.807) is 18.2 Å². The summed E-state index contributed by atoms with van der Waals surface area (Å²) in [5.74, 6) is -0.495. The maximum Gasteiger partial charge on any atom is 0.338 e. The predicted molar refractivity (Wildman–Crippen MR) is 106 cm³/mol. The first-order chi connectivity index (χ1) is 13.0. The van der Waals surface area contributed by atoms with Gasteiger partial charge in [0.2, 0.25) is 0 Å². The van der Waals surface area contributed by atoms with Crippen LogP contribution >= 0.6 is 11.3 Å². The summed E-state index contributed by atoms with van der Waals surface area (Å²) in [6.45, 7) is 2.19. The summed E-state index contributed by atoms with van der Waals surface area (Å²) >= 11 is 1.51. The van der Waals surface area contributed by atoms with Crippen LogP contribution in [0.3, 0.4) is 0 Å². The molecule has 0 fully saturated rings. The maximum absolute atomic E-state index is 12.2. The predicted octanol–water partition coefficient (Wildman–Crippen LogP) is 4.22. The molecule has 7 heteroatoms. The van der Waals surface area contributed by atoms with Gasteiger partial charge in [0, 0.05) is 16.6 Å². The Morgan fingerprint density at radius 2 is 1.96 bits per heavy atom. The van der Waals surface area contributed by atoms with Crippen molar-refractivity contribution in [2.75, 3.05) is 5.32 Å². The fourth-order valence-corrected chi connectivity index (χ4v) is 3.29. The molecule has 2 amide bonds. The number of carbonyl (C=O) groups is 2. The first kappa shape index (κ1) is 18.6. The van der Waals surface area contributed by atoms with Crippen molar-refractivity contribution in [1.82, 2.24) is 4.98 Å². The van der Waals surface area contributed by atoms with Gasteiger partial charge in [-0.2, -0.15) is 0 Å². The number of anilines is 1. The smallest absolute Gasteiger partial charge is 0.338 e. The highest BCUT2D eigenvalue weighted by Gasteiger charge is 2.11. The summed E-state index contributed by atoms with van der Waals surface area (Å²) in [7, 11) is 0. The van der Waals surface area contributed by atoms with Crippen molar-refractivity contribution in [1.29, 1.82) is 0 Å². The molecule has 3 aromatic rings. The molecule has 27 heavy (non-hydrogen) atoms. The van der Waals surface area contributed by atoms with E-state index in [9.17, 15) is 9.59 Å². The minimum absolute atomic E-state index is 0.0792. The fraction of sp³-hybridized carbons (Fsp3) is 0.150. The average Bonchev–Trinajstić information content (AvgIpc) is 3.15. The topological polar surface area (TPSA) is 94.3 Å². The summed E-state index contributed by atoms with van der Waals surface area (Å²) in [6, 6.07) is 14.0. The first-order valence-corrected chi connectivity index (χ1v) is 9.30. The van der Waals surface area contributed by atoms with Gasteiger partial charge in [0.15, 0.2) is 0 Å². The number of esters is 1. The standard InChI is InChI=1S/C20H19N3O3S/c1-2-13-6-8-14(9-7-13)18-22-17(12-27-18)11-26-19(24)15-4-3-5-16(10-15)23-20(21)25/h3-10,12H,2,11H2,1H3,(H3,21,23,25). The number of nitrogens with two attached hydrogens (primary N) is 1. The molecule has 0 aliphatic rings. The largest absolute Gasteiger partial charge is 0.456 e.